The second-order valence-corrected chi connectivity index (χ2v) is 5.02. The topological polar surface area (TPSA) is 42.0 Å². The van der Waals surface area contributed by atoms with E-state index in [1.807, 2.05) is 24.3 Å². The predicted octanol–water partition coefficient (Wildman–Crippen LogP) is 3.50. The van der Waals surface area contributed by atoms with Crippen molar-refractivity contribution in [1.82, 2.24) is 10.3 Å². The standard InChI is InChI=1S/C17H17ClN2O/c18-16-10-8-15(13-20-16)9-11-17(21)19-12-4-7-14-5-2-1-3-6-14/h1-3,5-6,8-11,13H,4,7,12H2,(H,19,21)/b11-9+. The van der Waals surface area contributed by atoms with Crippen molar-refractivity contribution in [2.75, 3.05) is 6.54 Å². The van der Waals surface area contributed by atoms with Gasteiger partial charge in [-0.15, -0.1) is 0 Å². The monoisotopic (exact) mass is 300 g/mol. The fourth-order valence-electron chi connectivity index (χ4n) is 1.87. The molecule has 0 aliphatic rings. The van der Waals surface area contributed by atoms with Gasteiger partial charge in [-0.3, -0.25) is 4.79 Å². The first-order valence-corrected chi connectivity index (χ1v) is 7.23. The quantitative estimate of drug-likeness (QED) is 0.504. The Hall–Kier alpha value is -2.13. The van der Waals surface area contributed by atoms with Gasteiger partial charge < -0.3 is 5.32 Å². The van der Waals surface area contributed by atoms with Gasteiger partial charge in [-0.05, 0) is 36.1 Å². The van der Waals surface area contributed by atoms with Crippen molar-refractivity contribution in [2.45, 2.75) is 12.8 Å². The summed E-state index contributed by atoms with van der Waals surface area (Å²) in [4.78, 5) is 15.6. The molecule has 0 bridgehead atoms. The zero-order chi connectivity index (χ0) is 14.9. The minimum Gasteiger partial charge on any atom is -0.353 e. The number of carbonyl (C=O) groups is 1. The number of rotatable bonds is 6. The van der Waals surface area contributed by atoms with Gasteiger partial charge in [-0.1, -0.05) is 48.0 Å². The second kappa shape index (κ2) is 8.22. The molecule has 0 aliphatic carbocycles. The second-order valence-electron chi connectivity index (χ2n) is 4.63. The van der Waals surface area contributed by atoms with E-state index in [9.17, 15) is 4.79 Å². The molecule has 1 N–H and O–H groups in total. The molecule has 3 nitrogen and oxygen atoms in total. The molecule has 0 atom stereocenters. The Morgan fingerprint density at radius 1 is 1.19 bits per heavy atom. The van der Waals surface area contributed by atoms with Crippen molar-refractivity contribution < 1.29 is 4.79 Å². The van der Waals surface area contributed by atoms with Crippen LogP contribution in [0.3, 0.4) is 0 Å². The first-order chi connectivity index (χ1) is 10.2. The molecule has 0 fully saturated rings. The van der Waals surface area contributed by atoms with Gasteiger partial charge in [0.15, 0.2) is 0 Å². The van der Waals surface area contributed by atoms with Crippen LogP contribution < -0.4 is 5.32 Å². The van der Waals surface area contributed by atoms with Crippen LogP contribution in [0, 0.1) is 0 Å². The summed E-state index contributed by atoms with van der Waals surface area (Å²) in [6.45, 7) is 0.664. The molecule has 0 unspecified atom stereocenters. The molecule has 0 radical (unpaired) electrons. The Kier molecular flexibility index (Phi) is 5.98. The molecule has 108 valence electrons. The molecule has 1 amide bonds. The van der Waals surface area contributed by atoms with Crippen LogP contribution in [0.4, 0.5) is 0 Å². The fourth-order valence-corrected chi connectivity index (χ4v) is 1.98. The Balaban J connectivity index is 1.69. The van der Waals surface area contributed by atoms with Crippen molar-refractivity contribution in [2.24, 2.45) is 0 Å². The number of nitrogens with zero attached hydrogens (tertiary/aromatic N) is 1. The normalized spacial score (nSPS) is 10.7. The zero-order valence-electron chi connectivity index (χ0n) is 11.6. The number of amides is 1. The van der Waals surface area contributed by atoms with Crippen LogP contribution in [-0.2, 0) is 11.2 Å². The Labute approximate surface area is 129 Å². The van der Waals surface area contributed by atoms with Crippen LogP contribution in [0.1, 0.15) is 17.5 Å². The Morgan fingerprint density at radius 3 is 2.71 bits per heavy atom. The maximum atomic E-state index is 11.7. The first kappa shape index (κ1) is 15.3. The SMILES string of the molecule is O=C(/C=C/c1ccc(Cl)nc1)NCCCc1ccccc1. The number of pyridine rings is 1. The molecule has 1 heterocycles. The van der Waals surface area contributed by atoms with E-state index in [0.717, 1.165) is 18.4 Å². The highest BCUT2D eigenvalue weighted by atomic mass is 35.5. The van der Waals surface area contributed by atoms with Crippen LogP contribution in [0.2, 0.25) is 5.15 Å². The van der Waals surface area contributed by atoms with Crippen LogP contribution in [0.15, 0.2) is 54.7 Å². The van der Waals surface area contributed by atoms with E-state index in [1.54, 1.807) is 18.3 Å². The number of nitrogens with one attached hydrogen (secondary N) is 1. The van der Waals surface area contributed by atoms with Gasteiger partial charge in [-0.25, -0.2) is 4.98 Å². The summed E-state index contributed by atoms with van der Waals surface area (Å²) >= 11 is 5.69. The lowest BCUT2D eigenvalue weighted by atomic mass is 10.1. The fraction of sp³-hybridized carbons (Fsp3) is 0.176. The highest BCUT2D eigenvalue weighted by molar-refractivity contribution is 6.29. The average molecular weight is 301 g/mol. The molecule has 0 spiro atoms. The van der Waals surface area contributed by atoms with Crippen molar-refractivity contribution >= 4 is 23.6 Å². The Morgan fingerprint density at radius 2 is 2.00 bits per heavy atom. The van der Waals surface area contributed by atoms with Gasteiger partial charge in [0, 0.05) is 18.8 Å². The lowest BCUT2D eigenvalue weighted by Crippen LogP contribution is -2.22. The molecular weight excluding hydrogens is 284 g/mol. The number of hydrogen-bond donors (Lipinski definition) is 1. The third kappa shape index (κ3) is 5.79. The van der Waals surface area contributed by atoms with E-state index in [4.69, 9.17) is 11.6 Å². The zero-order valence-corrected chi connectivity index (χ0v) is 12.4. The lowest BCUT2D eigenvalue weighted by Gasteiger charge is -2.02. The number of benzene rings is 1. The van der Waals surface area contributed by atoms with Gasteiger partial charge in [0.2, 0.25) is 5.91 Å². The van der Waals surface area contributed by atoms with E-state index < -0.39 is 0 Å². The third-order valence-electron chi connectivity index (χ3n) is 2.96. The highest BCUT2D eigenvalue weighted by Crippen LogP contribution is 2.06. The van der Waals surface area contributed by atoms with Crippen molar-refractivity contribution in [3.8, 4) is 0 Å². The maximum Gasteiger partial charge on any atom is 0.244 e. The minimum absolute atomic E-state index is 0.0991. The van der Waals surface area contributed by atoms with Gasteiger partial charge >= 0.3 is 0 Å². The molecule has 0 saturated heterocycles. The van der Waals surface area contributed by atoms with Crippen molar-refractivity contribution in [3.05, 3.63) is 71.0 Å². The largest absolute Gasteiger partial charge is 0.353 e. The summed E-state index contributed by atoms with van der Waals surface area (Å²) in [5, 5.41) is 3.30. The van der Waals surface area contributed by atoms with Crippen LogP contribution >= 0.6 is 11.6 Å². The Bertz CT molecular complexity index is 594. The van der Waals surface area contributed by atoms with Crippen molar-refractivity contribution in [3.63, 3.8) is 0 Å². The molecule has 1 aromatic heterocycles. The predicted molar refractivity (Wildman–Crippen MR) is 86.1 cm³/mol. The van der Waals surface area contributed by atoms with Crippen LogP contribution in [0.25, 0.3) is 6.08 Å². The third-order valence-corrected chi connectivity index (χ3v) is 3.19. The maximum absolute atomic E-state index is 11.7. The summed E-state index contributed by atoms with van der Waals surface area (Å²) in [6, 6.07) is 13.7. The van der Waals surface area contributed by atoms with E-state index in [1.165, 1.54) is 11.6 Å². The first-order valence-electron chi connectivity index (χ1n) is 6.85. The number of aryl methyl sites for hydroxylation is 1. The summed E-state index contributed by atoms with van der Waals surface area (Å²) in [6.07, 6.45) is 6.74. The smallest absolute Gasteiger partial charge is 0.244 e. The van der Waals surface area contributed by atoms with E-state index in [-0.39, 0.29) is 5.91 Å². The van der Waals surface area contributed by atoms with Crippen LogP contribution in [0.5, 0.6) is 0 Å². The summed E-state index contributed by atoms with van der Waals surface area (Å²) in [5.74, 6) is -0.0991. The molecule has 0 saturated carbocycles. The number of halogens is 1. The average Bonchev–Trinajstić information content (AvgIpc) is 2.52. The summed E-state index contributed by atoms with van der Waals surface area (Å²) in [5.41, 5.74) is 2.13. The van der Waals surface area contributed by atoms with E-state index in [0.29, 0.717) is 11.7 Å². The molecule has 21 heavy (non-hydrogen) atoms. The molecule has 2 rings (SSSR count). The molecule has 4 heteroatoms. The molecule has 2 aromatic rings. The van der Waals surface area contributed by atoms with Gasteiger partial charge in [0.25, 0.3) is 0 Å². The van der Waals surface area contributed by atoms with Crippen LogP contribution in [-0.4, -0.2) is 17.4 Å². The lowest BCUT2D eigenvalue weighted by molar-refractivity contribution is -0.116. The van der Waals surface area contributed by atoms with Crippen molar-refractivity contribution in [1.29, 1.82) is 0 Å². The summed E-state index contributed by atoms with van der Waals surface area (Å²) in [7, 11) is 0. The van der Waals surface area contributed by atoms with E-state index in [2.05, 4.69) is 22.4 Å². The summed E-state index contributed by atoms with van der Waals surface area (Å²) < 4.78 is 0. The number of hydrogen-bond acceptors (Lipinski definition) is 2. The number of carbonyl (C=O) groups excluding carboxylic acids is 1. The van der Waals surface area contributed by atoms with Gasteiger partial charge in [0.1, 0.15) is 5.15 Å². The van der Waals surface area contributed by atoms with E-state index >= 15 is 0 Å². The molecular formula is C17H17ClN2O. The number of aromatic nitrogens is 1. The highest BCUT2D eigenvalue weighted by Gasteiger charge is 1.96. The minimum atomic E-state index is -0.0991. The van der Waals surface area contributed by atoms with Gasteiger partial charge in [0.05, 0.1) is 0 Å². The molecule has 1 aromatic carbocycles. The molecule has 0 aliphatic heterocycles. The van der Waals surface area contributed by atoms with Gasteiger partial charge in [-0.2, -0.15) is 0 Å².